The van der Waals surface area contributed by atoms with E-state index in [9.17, 15) is 0 Å². The lowest BCUT2D eigenvalue weighted by molar-refractivity contribution is 0.708. The van der Waals surface area contributed by atoms with Crippen LogP contribution in [0.1, 0.15) is 13.3 Å². The Morgan fingerprint density at radius 3 is 1.47 bits per heavy atom. The highest BCUT2D eigenvalue weighted by Gasteiger charge is 1.64. The van der Waals surface area contributed by atoms with E-state index in [1.807, 2.05) is 28.2 Å². The van der Waals surface area contributed by atoms with Crippen LogP contribution in [0.3, 0.4) is 0 Å². The molecular formula is C10H29N5. The van der Waals surface area contributed by atoms with E-state index in [-0.39, 0.29) is 0 Å². The molecule has 0 saturated carbocycles. The maximum atomic E-state index is 3.49. The molecule has 0 aromatic rings. The number of rotatable bonds is 6. The van der Waals surface area contributed by atoms with Crippen molar-refractivity contribution in [3.8, 4) is 0 Å². The second kappa shape index (κ2) is 29.2. The third kappa shape index (κ3) is 59.0. The van der Waals surface area contributed by atoms with Gasteiger partial charge in [0.2, 0.25) is 0 Å². The molecule has 94 valence electrons. The van der Waals surface area contributed by atoms with E-state index < -0.39 is 0 Å². The number of hydrogen-bond donors (Lipinski definition) is 4. The molecule has 0 amide bonds. The predicted octanol–water partition coefficient (Wildman–Crippen LogP) is -0.138. The van der Waals surface area contributed by atoms with Crippen molar-refractivity contribution in [1.82, 2.24) is 21.3 Å². The minimum absolute atomic E-state index is 0.653. The summed E-state index contributed by atoms with van der Waals surface area (Å²) in [6.45, 7) is 8.07. The van der Waals surface area contributed by atoms with E-state index in [0.717, 1.165) is 13.2 Å². The summed E-state index contributed by atoms with van der Waals surface area (Å²) in [5.41, 5.74) is 0. The fourth-order valence-electron chi connectivity index (χ4n) is 0.539. The van der Waals surface area contributed by atoms with Crippen LogP contribution in [0.5, 0.6) is 0 Å². The van der Waals surface area contributed by atoms with E-state index in [1.165, 1.54) is 6.42 Å². The molecule has 0 aromatic heterocycles. The first-order valence-electron chi connectivity index (χ1n) is 5.25. The van der Waals surface area contributed by atoms with Crippen molar-refractivity contribution in [1.29, 1.82) is 0 Å². The van der Waals surface area contributed by atoms with Crippen LogP contribution in [-0.4, -0.2) is 54.8 Å². The van der Waals surface area contributed by atoms with Crippen LogP contribution in [0.15, 0.2) is 4.99 Å². The monoisotopic (exact) mass is 219 g/mol. The Hall–Kier alpha value is -0.490. The first-order valence-corrected chi connectivity index (χ1v) is 5.25. The van der Waals surface area contributed by atoms with Crippen LogP contribution < -0.4 is 21.3 Å². The topological polar surface area (TPSA) is 60.5 Å². The average Bonchev–Trinajstić information content (AvgIpc) is 2.23. The third-order valence-electron chi connectivity index (χ3n) is 1.12. The van der Waals surface area contributed by atoms with E-state index in [1.54, 1.807) is 0 Å². The van der Waals surface area contributed by atoms with Gasteiger partial charge in [-0.1, -0.05) is 6.92 Å². The van der Waals surface area contributed by atoms with Crippen molar-refractivity contribution in [2.24, 2.45) is 4.99 Å². The summed E-state index contributed by atoms with van der Waals surface area (Å²) >= 11 is 0. The Morgan fingerprint density at radius 2 is 1.47 bits per heavy atom. The summed E-state index contributed by atoms with van der Waals surface area (Å²) in [5, 5.41) is 11.6. The van der Waals surface area contributed by atoms with Crippen LogP contribution in [0.25, 0.3) is 0 Å². The highest BCUT2D eigenvalue weighted by Crippen LogP contribution is 1.62. The molecule has 0 aliphatic heterocycles. The number of aliphatic imine (C=N–C) groups is 1. The molecule has 0 saturated heterocycles. The molecule has 0 heterocycles. The van der Waals surface area contributed by atoms with E-state index >= 15 is 0 Å². The van der Waals surface area contributed by atoms with Crippen LogP contribution in [0, 0.1) is 0 Å². The first kappa shape index (κ1) is 20.0. The van der Waals surface area contributed by atoms with Crippen molar-refractivity contribution < 1.29 is 0 Å². The van der Waals surface area contributed by atoms with E-state index in [4.69, 9.17) is 0 Å². The zero-order chi connectivity index (χ0) is 12.4. The lowest BCUT2D eigenvalue weighted by Gasteiger charge is -1.88. The Balaban J connectivity index is -0.000000144. The van der Waals surface area contributed by atoms with Gasteiger partial charge in [-0.3, -0.25) is 4.99 Å². The largest absolute Gasteiger partial charge is 0.320 e. The highest BCUT2D eigenvalue weighted by molar-refractivity contribution is 5.22. The van der Waals surface area contributed by atoms with Gasteiger partial charge in [-0.2, -0.15) is 0 Å². The normalized spacial score (nSPS) is 8.07. The Bertz CT molecular complexity index is 77.9. The zero-order valence-corrected chi connectivity index (χ0v) is 11.0. The number of hydrogen-bond acceptors (Lipinski definition) is 5. The highest BCUT2D eigenvalue weighted by atomic mass is 15.0. The van der Waals surface area contributed by atoms with Crippen LogP contribution in [0.2, 0.25) is 0 Å². The van der Waals surface area contributed by atoms with E-state index in [2.05, 4.69) is 39.9 Å². The summed E-state index contributed by atoms with van der Waals surface area (Å²) in [6.07, 6.45) is 1.23. The Kier molecular flexibility index (Phi) is 38.9. The van der Waals surface area contributed by atoms with Crippen molar-refractivity contribution in [3.63, 3.8) is 0 Å². The van der Waals surface area contributed by atoms with Crippen molar-refractivity contribution in [2.45, 2.75) is 13.3 Å². The van der Waals surface area contributed by atoms with Gasteiger partial charge >= 0.3 is 0 Å². The maximum Gasteiger partial charge on any atom is 0.0874 e. The number of nitrogens with zero attached hydrogens (tertiary/aromatic N) is 1. The fourth-order valence-corrected chi connectivity index (χ4v) is 0.539. The average molecular weight is 219 g/mol. The maximum absolute atomic E-state index is 3.49. The molecule has 0 unspecified atom stereocenters. The quantitative estimate of drug-likeness (QED) is 0.371. The molecule has 0 spiro atoms. The second-order valence-electron chi connectivity index (χ2n) is 2.72. The molecule has 4 N–H and O–H groups in total. The van der Waals surface area contributed by atoms with Gasteiger partial charge in [0.05, 0.1) is 6.67 Å². The lowest BCUT2D eigenvalue weighted by atomic mass is 10.5. The molecule has 5 heteroatoms. The first-order chi connectivity index (χ1) is 7.24. The van der Waals surface area contributed by atoms with Gasteiger partial charge in [-0.15, -0.1) is 0 Å². The molecule has 0 aliphatic carbocycles. The summed E-state index contributed by atoms with van der Waals surface area (Å²) in [4.78, 5) is 3.49. The van der Waals surface area contributed by atoms with Gasteiger partial charge in [0.15, 0.2) is 0 Å². The van der Waals surface area contributed by atoms with Gasteiger partial charge in [0, 0.05) is 6.67 Å². The van der Waals surface area contributed by atoms with Gasteiger partial charge in [-0.05, 0) is 47.9 Å². The molecule has 0 rings (SSSR count). The van der Waals surface area contributed by atoms with Gasteiger partial charge in [0.1, 0.15) is 0 Å². The van der Waals surface area contributed by atoms with Gasteiger partial charge in [-0.25, -0.2) is 0 Å². The summed E-state index contributed by atoms with van der Waals surface area (Å²) in [5.74, 6) is 0. The predicted molar refractivity (Wildman–Crippen MR) is 70.7 cm³/mol. The Morgan fingerprint density at radius 1 is 0.933 bits per heavy atom. The lowest BCUT2D eigenvalue weighted by Crippen LogP contribution is -2.21. The SMILES string of the molecule is C=NCNC.CCCNC.CNCNC. The van der Waals surface area contributed by atoms with Crippen molar-refractivity contribution in [3.05, 3.63) is 0 Å². The standard InChI is InChI=1S/C4H11N.C3H10N2.C3H8N2/c1-3-4-5-2;2*1-4-3-5-2/h5H,3-4H2,1-2H3;4-5H,3H2,1-2H3;5H,1,3H2,2H3. The molecule has 0 radical (unpaired) electrons. The minimum Gasteiger partial charge on any atom is -0.320 e. The van der Waals surface area contributed by atoms with Crippen LogP contribution in [0.4, 0.5) is 0 Å². The molecule has 0 bridgehead atoms. The molecule has 0 aliphatic rings. The molecule has 0 fully saturated rings. The Labute approximate surface area is 95.1 Å². The smallest absolute Gasteiger partial charge is 0.0874 e. The fraction of sp³-hybridized carbons (Fsp3) is 0.900. The van der Waals surface area contributed by atoms with Crippen LogP contribution >= 0.6 is 0 Å². The summed E-state index contributed by atoms with van der Waals surface area (Å²) in [7, 11) is 7.59. The summed E-state index contributed by atoms with van der Waals surface area (Å²) in [6, 6.07) is 0. The second-order valence-corrected chi connectivity index (χ2v) is 2.72. The van der Waals surface area contributed by atoms with Gasteiger partial charge in [0.25, 0.3) is 0 Å². The van der Waals surface area contributed by atoms with E-state index in [0.29, 0.717) is 6.67 Å². The van der Waals surface area contributed by atoms with Crippen molar-refractivity contribution in [2.75, 3.05) is 48.1 Å². The van der Waals surface area contributed by atoms with Gasteiger partial charge < -0.3 is 21.3 Å². The zero-order valence-electron chi connectivity index (χ0n) is 11.0. The summed E-state index contributed by atoms with van der Waals surface area (Å²) < 4.78 is 0. The molecule has 0 aromatic carbocycles. The van der Waals surface area contributed by atoms with Crippen molar-refractivity contribution >= 4 is 6.72 Å². The minimum atomic E-state index is 0.653. The molecule has 15 heavy (non-hydrogen) atoms. The number of nitrogens with one attached hydrogen (secondary N) is 4. The molecule has 0 atom stereocenters. The molecule has 5 nitrogen and oxygen atoms in total. The molecular weight excluding hydrogens is 190 g/mol. The third-order valence-corrected chi connectivity index (χ3v) is 1.12. The van der Waals surface area contributed by atoms with Crippen LogP contribution in [-0.2, 0) is 0 Å².